The van der Waals surface area contributed by atoms with Crippen molar-refractivity contribution in [2.75, 3.05) is 13.1 Å². The zero-order chi connectivity index (χ0) is 10.7. The lowest BCUT2D eigenvalue weighted by molar-refractivity contribution is 0.246. The molecule has 1 aliphatic carbocycles. The minimum Gasteiger partial charge on any atom is -0.330 e. The molecule has 84 valence electrons. The average molecular weight is 210 g/mol. The van der Waals surface area contributed by atoms with Gasteiger partial charge < -0.3 is 5.73 Å². The first-order valence-corrected chi connectivity index (χ1v) is 5.46. The Bertz CT molecular complexity index is 305. The Labute approximate surface area is 89.4 Å². The van der Waals surface area contributed by atoms with Gasteiger partial charge in [-0.3, -0.25) is 4.90 Å². The Morgan fingerprint density at radius 2 is 2.33 bits per heavy atom. The fraction of sp³-hybridized carbons (Fsp3) is 0.889. The zero-order valence-corrected chi connectivity index (χ0v) is 9.13. The molecule has 0 amide bonds. The maximum absolute atomic E-state index is 5.52. The molecule has 1 aromatic heterocycles. The molecule has 0 aliphatic heterocycles. The van der Waals surface area contributed by atoms with Crippen LogP contribution in [-0.2, 0) is 13.6 Å². The van der Waals surface area contributed by atoms with Crippen molar-refractivity contribution < 1.29 is 0 Å². The van der Waals surface area contributed by atoms with Crippen molar-refractivity contribution in [1.29, 1.82) is 0 Å². The topological polar surface area (TPSA) is 72.9 Å². The molecule has 6 nitrogen and oxygen atoms in total. The summed E-state index contributed by atoms with van der Waals surface area (Å²) in [7, 11) is 1.79. The van der Waals surface area contributed by atoms with Crippen molar-refractivity contribution in [3.8, 4) is 0 Å². The molecule has 0 spiro atoms. The van der Waals surface area contributed by atoms with Crippen LogP contribution in [-0.4, -0.2) is 44.2 Å². The van der Waals surface area contributed by atoms with Gasteiger partial charge in [0.25, 0.3) is 0 Å². The lowest BCUT2D eigenvalue weighted by atomic mass is 10.3. The van der Waals surface area contributed by atoms with Crippen LogP contribution in [0.5, 0.6) is 0 Å². The molecule has 1 saturated carbocycles. The van der Waals surface area contributed by atoms with Gasteiger partial charge in [-0.2, -0.15) is 4.80 Å². The van der Waals surface area contributed by atoms with Crippen molar-refractivity contribution in [3.63, 3.8) is 0 Å². The molecule has 2 rings (SSSR count). The smallest absolute Gasteiger partial charge is 0.188 e. The van der Waals surface area contributed by atoms with Gasteiger partial charge in [-0.25, -0.2) is 0 Å². The number of nitrogens with zero attached hydrogens (tertiary/aromatic N) is 5. The van der Waals surface area contributed by atoms with Crippen LogP contribution in [0.15, 0.2) is 0 Å². The molecule has 0 unspecified atom stereocenters. The van der Waals surface area contributed by atoms with E-state index in [4.69, 9.17) is 5.73 Å². The first kappa shape index (κ1) is 10.5. The maximum atomic E-state index is 5.52. The number of hydrogen-bond acceptors (Lipinski definition) is 5. The van der Waals surface area contributed by atoms with E-state index in [1.165, 1.54) is 17.6 Å². The molecule has 0 saturated heterocycles. The molecule has 0 radical (unpaired) electrons. The second kappa shape index (κ2) is 4.67. The highest BCUT2D eigenvalue weighted by atomic mass is 15.6. The lowest BCUT2D eigenvalue weighted by Crippen LogP contribution is -2.28. The molecule has 0 aromatic carbocycles. The summed E-state index contributed by atoms with van der Waals surface area (Å²) in [5, 5.41) is 12.0. The van der Waals surface area contributed by atoms with Gasteiger partial charge >= 0.3 is 0 Å². The van der Waals surface area contributed by atoms with E-state index in [0.29, 0.717) is 0 Å². The van der Waals surface area contributed by atoms with Crippen LogP contribution in [0, 0.1) is 0 Å². The van der Waals surface area contributed by atoms with Gasteiger partial charge in [0.1, 0.15) is 0 Å². The number of aromatic nitrogens is 4. The second-order valence-electron chi connectivity index (χ2n) is 4.04. The molecule has 2 N–H and O–H groups in total. The average Bonchev–Trinajstić information content (AvgIpc) is 2.98. The Balaban J connectivity index is 1.88. The van der Waals surface area contributed by atoms with Crippen molar-refractivity contribution in [2.24, 2.45) is 12.8 Å². The van der Waals surface area contributed by atoms with Gasteiger partial charge in [0, 0.05) is 12.6 Å². The maximum Gasteiger partial charge on any atom is 0.188 e. The lowest BCUT2D eigenvalue weighted by Gasteiger charge is -2.19. The van der Waals surface area contributed by atoms with E-state index in [2.05, 4.69) is 20.3 Å². The summed E-state index contributed by atoms with van der Waals surface area (Å²) < 4.78 is 0. The first-order chi connectivity index (χ1) is 7.29. The van der Waals surface area contributed by atoms with Crippen molar-refractivity contribution in [2.45, 2.75) is 31.8 Å². The highest BCUT2D eigenvalue weighted by molar-refractivity contribution is 4.88. The number of hydrogen-bond donors (Lipinski definition) is 1. The molecule has 1 aliphatic rings. The van der Waals surface area contributed by atoms with Crippen LogP contribution in [0.4, 0.5) is 0 Å². The molecule has 15 heavy (non-hydrogen) atoms. The minimum absolute atomic E-state index is 0.723. The summed E-state index contributed by atoms with van der Waals surface area (Å²) in [4.78, 5) is 3.91. The highest BCUT2D eigenvalue weighted by Crippen LogP contribution is 2.27. The summed E-state index contributed by atoms with van der Waals surface area (Å²) in [6, 6.07) is 0.723. The first-order valence-electron chi connectivity index (χ1n) is 5.46. The van der Waals surface area contributed by atoms with Gasteiger partial charge in [0.05, 0.1) is 13.6 Å². The largest absolute Gasteiger partial charge is 0.330 e. The predicted molar refractivity (Wildman–Crippen MR) is 55.9 cm³/mol. The van der Waals surface area contributed by atoms with E-state index in [1.807, 2.05) is 0 Å². The fourth-order valence-corrected chi connectivity index (χ4v) is 1.69. The normalized spacial score (nSPS) is 16.2. The van der Waals surface area contributed by atoms with Crippen LogP contribution in [0.2, 0.25) is 0 Å². The fourth-order valence-electron chi connectivity index (χ4n) is 1.69. The molecule has 1 fully saturated rings. The summed E-state index contributed by atoms with van der Waals surface area (Å²) in [6.07, 6.45) is 3.63. The van der Waals surface area contributed by atoms with E-state index in [1.54, 1.807) is 7.05 Å². The monoisotopic (exact) mass is 210 g/mol. The summed E-state index contributed by atoms with van der Waals surface area (Å²) in [5.74, 6) is 0.807. The molecule has 0 bridgehead atoms. The Morgan fingerprint density at radius 1 is 1.53 bits per heavy atom. The predicted octanol–water partition coefficient (Wildman–Crippen LogP) is -0.477. The third-order valence-corrected chi connectivity index (χ3v) is 2.61. The molecule has 1 aromatic rings. The van der Waals surface area contributed by atoms with Crippen LogP contribution >= 0.6 is 0 Å². The van der Waals surface area contributed by atoms with Gasteiger partial charge in [-0.1, -0.05) is 0 Å². The second-order valence-corrected chi connectivity index (χ2v) is 4.04. The molecule has 6 heteroatoms. The van der Waals surface area contributed by atoms with Crippen molar-refractivity contribution in [1.82, 2.24) is 25.1 Å². The summed E-state index contributed by atoms with van der Waals surface area (Å²) >= 11 is 0. The molecule has 1 heterocycles. The van der Waals surface area contributed by atoms with Crippen LogP contribution in [0.1, 0.15) is 25.1 Å². The van der Waals surface area contributed by atoms with Gasteiger partial charge in [0.15, 0.2) is 5.82 Å². The Kier molecular flexibility index (Phi) is 3.27. The molecular weight excluding hydrogens is 192 g/mol. The van der Waals surface area contributed by atoms with Crippen LogP contribution in [0.25, 0.3) is 0 Å². The van der Waals surface area contributed by atoms with Crippen molar-refractivity contribution in [3.05, 3.63) is 5.82 Å². The number of aryl methyl sites for hydroxylation is 1. The van der Waals surface area contributed by atoms with E-state index < -0.39 is 0 Å². The SMILES string of the molecule is Cn1nnc(CN(CCCN)C2CC2)n1. The standard InChI is InChI=1S/C9H18N6/c1-14-12-9(11-13-14)7-15(6-2-5-10)8-3-4-8/h8H,2-7,10H2,1H3. The van der Waals surface area contributed by atoms with Gasteiger partial charge in [-0.05, 0) is 31.0 Å². The third kappa shape index (κ3) is 2.97. The zero-order valence-electron chi connectivity index (χ0n) is 9.13. The highest BCUT2D eigenvalue weighted by Gasteiger charge is 2.29. The van der Waals surface area contributed by atoms with E-state index in [-0.39, 0.29) is 0 Å². The minimum atomic E-state index is 0.723. The van der Waals surface area contributed by atoms with Gasteiger partial charge in [0.2, 0.25) is 0 Å². The van der Waals surface area contributed by atoms with E-state index in [9.17, 15) is 0 Å². The van der Waals surface area contributed by atoms with E-state index in [0.717, 1.165) is 37.9 Å². The molecular formula is C9H18N6. The summed E-state index contributed by atoms with van der Waals surface area (Å²) in [5.41, 5.74) is 5.52. The Morgan fingerprint density at radius 3 is 2.87 bits per heavy atom. The van der Waals surface area contributed by atoms with E-state index >= 15 is 0 Å². The number of nitrogens with two attached hydrogens (primary N) is 1. The quantitative estimate of drug-likeness (QED) is 0.686. The van der Waals surface area contributed by atoms with Crippen molar-refractivity contribution >= 4 is 0 Å². The Hall–Kier alpha value is -1.01. The number of tetrazole rings is 1. The van der Waals surface area contributed by atoms with Crippen LogP contribution < -0.4 is 5.73 Å². The third-order valence-electron chi connectivity index (χ3n) is 2.61. The van der Waals surface area contributed by atoms with Gasteiger partial charge in [-0.15, -0.1) is 10.2 Å². The number of rotatable bonds is 6. The summed E-state index contributed by atoms with van der Waals surface area (Å²) in [6.45, 7) is 2.59. The molecule has 0 atom stereocenters. The van der Waals surface area contributed by atoms with Crippen LogP contribution in [0.3, 0.4) is 0 Å².